The van der Waals surface area contributed by atoms with E-state index >= 15 is 0 Å². The molecular weight excluding hydrogens is 643 g/mol. The normalized spacial score (nSPS) is 16.5. The highest BCUT2D eigenvalue weighted by Crippen LogP contribution is 2.42. The van der Waals surface area contributed by atoms with Crippen molar-refractivity contribution in [3.05, 3.63) is 29.7 Å². The first kappa shape index (κ1) is 37.6. The highest BCUT2D eigenvalue weighted by Gasteiger charge is 2.44. The molecule has 0 saturated carbocycles. The lowest BCUT2D eigenvalue weighted by Crippen LogP contribution is -2.53. The van der Waals surface area contributed by atoms with Gasteiger partial charge in [0.05, 0.1) is 25.9 Å². The molecule has 0 aromatic carbocycles. The molecule has 2 rings (SSSR count). The Bertz CT molecular complexity index is 1330. The Balaban J connectivity index is 1.87. The molecule has 0 fully saturated rings. The van der Waals surface area contributed by atoms with E-state index in [0.29, 0.717) is 25.1 Å². The van der Waals surface area contributed by atoms with Crippen LogP contribution in [0.4, 0.5) is 0 Å². The molecule has 46 heavy (non-hydrogen) atoms. The average Bonchev–Trinajstić information content (AvgIpc) is 3.59. The number of phosphoric acid groups is 1. The molecule has 1 aromatic heterocycles. The van der Waals surface area contributed by atoms with Gasteiger partial charge in [0.2, 0.25) is 23.8 Å². The van der Waals surface area contributed by atoms with E-state index in [1.54, 1.807) is 0 Å². The number of hydrogen-bond donors (Lipinski definition) is 10. The third-order valence-electron chi connectivity index (χ3n) is 6.13. The van der Waals surface area contributed by atoms with E-state index in [1.165, 1.54) is 12.5 Å². The maximum absolute atomic E-state index is 12.9. The average molecular weight is 679 g/mol. The van der Waals surface area contributed by atoms with Crippen LogP contribution in [0, 0.1) is 0 Å². The summed E-state index contributed by atoms with van der Waals surface area (Å²) in [5.74, 6) is -8.70. The lowest BCUT2D eigenvalue weighted by Gasteiger charge is -2.21. The molecule has 1 aliphatic rings. The molecule has 256 valence electrons. The van der Waals surface area contributed by atoms with E-state index < -0.39 is 105 Å². The van der Waals surface area contributed by atoms with Gasteiger partial charge in [-0.1, -0.05) is 0 Å². The van der Waals surface area contributed by atoms with Crippen LogP contribution in [-0.4, -0.2) is 115 Å². The van der Waals surface area contributed by atoms with Gasteiger partial charge in [-0.15, -0.1) is 0 Å². The topological polar surface area (TPSA) is 339 Å². The first-order chi connectivity index (χ1) is 21.6. The molecule has 22 heteroatoms. The van der Waals surface area contributed by atoms with Crippen molar-refractivity contribution in [3.63, 3.8) is 0 Å². The largest absolute Gasteiger partial charge is 0.525 e. The van der Waals surface area contributed by atoms with E-state index in [9.17, 15) is 48.7 Å². The van der Waals surface area contributed by atoms with Crippen LogP contribution in [0.25, 0.3) is 0 Å². The molecule has 11 N–H and O–H groups in total. The quantitative estimate of drug-likeness (QED) is 0.0367. The molecule has 1 aliphatic heterocycles. The van der Waals surface area contributed by atoms with E-state index in [1.807, 2.05) is 0 Å². The molecule has 1 aromatic rings. The van der Waals surface area contributed by atoms with Gasteiger partial charge in [-0.05, 0) is 25.8 Å². The van der Waals surface area contributed by atoms with Gasteiger partial charge in [-0.2, -0.15) is 0 Å². The van der Waals surface area contributed by atoms with Crippen molar-refractivity contribution >= 4 is 43.5 Å². The summed E-state index contributed by atoms with van der Waals surface area (Å²) in [7, 11) is -5.27. The van der Waals surface area contributed by atoms with Crippen molar-refractivity contribution in [1.29, 1.82) is 0 Å². The van der Waals surface area contributed by atoms with Crippen LogP contribution in [0.1, 0.15) is 37.8 Å². The van der Waals surface area contributed by atoms with Crippen molar-refractivity contribution in [3.8, 4) is 0 Å². The van der Waals surface area contributed by atoms with Crippen LogP contribution in [0.2, 0.25) is 0 Å². The standard InChI is InChI=1S/C24H35N6O15P/c25-6-2-1-3-13(22(36)30-14(23(37)38)7-12-8-26-11-28-12)29-17(33)9-27-16(32)4-5-18(34)43-15(10-31)20-19(35)21(24(39)44-20)45-46(40,41)42/h8,11,13-15,20,31,35H,1-7,9-10,25H2,(H,26,28)(H,27,32)(H,29,33)(H,30,36)(H,37,38)(H2,40,41,42). The van der Waals surface area contributed by atoms with E-state index in [0.717, 1.165) is 0 Å². The number of phosphoric ester groups is 1. The Morgan fingerprint density at radius 2 is 1.83 bits per heavy atom. The smallest absolute Gasteiger partial charge is 0.505 e. The molecule has 2 heterocycles. The highest BCUT2D eigenvalue weighted by molar-refractivity contribution is 7.46. The number of aromatic nitrogens is 2. The molecule has 4 unspecified atom stereocenters. The van der Waals surface area contributed by atoms with Gasteiger partial charge in [0.25, 0.3) is 5.76 Å². The summed E-state index contributed by atoms with van der Waals surface area (Å²) in [5, 5.41) is 36.0. The van der Waals surface area contributed by atoms with Crippen molar-refractivity contribution < 1.29 is 72.4 Å². The number of nitrogens with two attached hydrogens (primary N) is 1. The van der Waals surface area contributed by atoms with Gasteiger partial charge in [0, 0.05) is 24.7 Å². The summed E-state index contributed by atoms with van der Waals surface area (Å²) >= 11 is 0. The van der Waals surface area contributed by atoms with Gasteiger partial charge in [0.1, 0.15) is 12.1 Å². The maximum atomic E-state index is 12.9. The van der Waals surface area contributed by atoms with Crippen molar-refractivity contribution in [2.24, 2.45) is 5.73 Å². The van der Waals surface area contributed by atoms with Crippen LogP contribution in [0.5, 0.6) is 0 Å². The Morgan fingerprint density at radius 3 is 2.41 bits per heavy atom. The minimum atomic E-state index is -5.27. The predicted octanol–water partition coefficient (Wildman–Crippen LogP) is -3.26. The lowest BCUT2D eigenvalue weighted by molar-refractivity contribution is -0.165. The number of rotatable bonds is 20. The zero-order valence-electron chi connectivity index (χ0n) is 24.1. The molecule has 4 atom stereocenters. The minimum absolute atomic E-state index is 0.0994. The molecular formula is C24H35N6O15P. The number of esters is 2. The number of aromatic amines is 1. The second-order valence-electron chi connectivity index (χ2n) is 9.69. The summed E-state index contributed by atoms with van der Waals surface area (Å²) < 4.78 is 24.6. The number of aliphatic hydroxyl groups is 2. The van der Waals surface area contributed by atoms with Crippen molar-refractivity contribution in [2.45, 2.75) is 62.8 Å². The Labute approximate surface area is 260 Å². The van der Waals surface area contributed by atoms with Crippen molar-refractivity contribution in [1.82, 2.24) is 25.9 Å². The number of nitrogens with one attached hydrogen (secondary N) is 4. The van der Waals surface area contributed by atoms with Crippen LogP contribution in [0.3, 0.4) is 0 Å². The predicted molar refractivity (Wildman–Crippen MR) is 149 cm³/mol. The Morgan fingerprint density at radius 1 is 1.11 bits per heavy atom. The SMILES string of the molecule is NCCCCC(NC(=O)CNC(=O)CCC(=O)OC(CO)C1OC(=O)C(OP(=O)(O)O)=C1O)C(=O)NC(Cc1cnc[nH]1)C(=O)O. The molecule has 0 saturated heterocycles. The number of carbonyl (C=O) groups is 6. The van der Waals surface area contributed by atoms with Crippen LogP contribution < -0.4 is 21.7 Å². The summed E-state index contributed by atoms with van der Waals surface area (Å²) in [6, 6.07) is -2.49. The Hall–Kier alpha value is -4.56. The molecule has 0 bridgehead atoms. The number of carboxylic acid groups (broad SMARTS) is 1. The number of hydrogen-bond acceptors (Lipinski definition) is 14. The van der Waals surface area contributed by atoms with E-state index in [2.05, 4.69) is 35.2 Å². The summed E-state index contributed by atoms with van der Waals surface area (Å²) in [4.78, 5) is 97.4. The third kappa shape index (κ3) is 12.4. The molecule has 0 radical (unpaired) electrons. The number of aliphatic hydroxyl groups excluding tert-OH is 2. The van der Waals surface area contributed by atoms with Crippen LogP contribution in [0.15, 0.2) is 24.0 Å². The second kappa shape index (κ2) is 17.8. The lowest BCUT2D eigenvalue weighted by atomic mass is 10.1. The number of aliphatic carboxylic acids is 1. The summed E-state index contributed by atoms with van der Waals surface area (Å²) in [6.07, 6.45) is -1.04. The molecule has 21 nitrogen and oxygen atoms in total. The number of nitrogens with zero attached hydrogens (tertiary/aromatic N) is 1. The monoisotopic (exact) mass is 678 g/mol. The summed E-state index contributed by atoms with van der Waals surface area (Å²) in [5.41, 5.74) is 5.94. The highest BCUT2D eigenvalue weighted by atomic mass is 31.2. The number of amides is 3. The number of carbonyl (C=O) groups excluding carboxylic acids is 5. The third-order valence-corrected chi connectivity index (χ3v) is 6.55. The first-order valence-electron chi connectivity index (χ1n) is 13.6. The number of unbranched alkanes of at least 4 members (excludes halogenated alkanes) is 1. The fourth-order valence-electron chi connectivity index (χ4n) is 3.91. The van der Waals surface area contributed by atoms with Gasteiger partial charge in [0.15, 0.2) is 11.9 Å². The number of cyclic esters (lactones) is 1. The van der Waals surface area contributed by atoms with Gasteiger partial charge in [-0.3, -0.25) is 29.0 Å². The number of H-pyrrole nitrogens is 1. The minimum Gasteiger partial charge on any atom is -0.505 e. The van der Waals surface area contributed by atoms with E-state index in [4.69, 9.17) is 20.3 Å². The second-order valence-corrected chi connectivity index (χ2v) is 10.9. The van der Waals surface area contributed by atoms with E-state index in [-0.39, 0.29) is 12.8 Å². The number of carboxylic acids is 1. The van der Waals surface area contributed by atoms with Crippen molar-refractivity contribution in [2.75, 3.05) is 19.7 Å². The first-order valence-corrected chi connectivity index (χ1v) is 15.1. The summed E-state index contributed by atoms with van der Waals surface area (Å²) in [6.45, 7) is -1.32. The molecule has 3 amide bonds. The van der Waals surface area contributed by atoms with Crippen LogP contribution >= 0.6 is 7.82 Å². The Kier molecular flexibility index (Phi) is 14.6. The number of ether oxygens (including phenoxy) is 2. The van der Waals surface area contributed by atoms with Gasteiger partial charge in [-0.25, -0.2) is 19.1 Å². The zero-order valence-corrected chi connectivity index (χ0v) is 25.0. The maximum Gasteiger partial charge on any atom is 0.525 e. The zero-order chi connectivity index (χ0) is 34.4. The number of imidazole rings is 1. The fraction of sp³-hybridized carbons (Fsp3) is 0.542. The van der Waals surface area contributed by atoms with Crippen LogP contribution in [-0.2, 0) is 53.8 Å². The van der Waals surface area contributed by atoms with Gasteiger partial charge >= 0.3 is 25.7 Å². The molecule has 0 spiro atoms. The fourth-order valence-corrected chi connectivity index (χ4v) is 4.32. The van der Waals surface area contributed by atoms with Gasteiger partial charge < -0.3 is 56.0 Å². The molecule has 0 aliphatic carbocycles.